The maximum atomic E-state index is 9.72. The topological polar surface area (TPSA) is 74.4 Å². The summed E-state index contributed by atoms with van der Waals surface area (Å²) in [6, 6.07) is 7.52. The number of benzene rings is 1. The van der Waals surface area contributed by atoms with E-state index >= 15 is 0 Å². The minimum absolute atomic E-state index is 0.0259. The summed E-state index contributed by atoms with van der Waals surface area (Å²) in [5, 5.41) is 20.7. The van der Waals surface area contributed by atoms with Crippen molar-refractivity contribution in [1.29, 1.82) is 0 Å². The van der Waals surface area contributed by atoms with Crippen LogP contribution in [0.5, 0.6) is 5.88 Å². The number of rotatable bonds is 2. The van der Waals surface area contributed by atoms with E-state index in [-0.39, 0.29) is 5.88 Å². The number of para-hydroxylation sites is 1. The van der Waals surface area contributed by atoms with Crippen LogP contribution in [0, 0.1) is 0 Å². The molecule has 1 aromatic heterocycles. The molecule has 0 aliphatic heterocycles. The summed E-state index contributed by atoms with van der Waals surface area (Å²) < 4.78 is 0. The normalized spacial score (nSPS) is 10.6. The molecule has 0 amide bonds. The van der Waals surface area contributed by atoms with Gasteiger partial charge < -0.3 is 10.1 Å². The zero-order valence-corrected chi connectivity index (χ0v) is 13.6. The van der Waals surface area contributed by atoms with Gasteiger partial charge in [-0.25, -0.2) is 0 Å². The second-order valence-corrected chi connectivity index (χ2v) is 5.46. The molecule has 2 rings (SSSR count). The fourth-order valence-electron chi connectivity index (χ4n) is 1.53. The van der Waals surface area contributed by atoms with Crippen molar-refractivity contribution in [2.75, 3.05) is 6.54 Å². The Labute approximate surface area is 136 Å². The van der Waals surface area contributed by atoms with Gasteiger partial charge in [0.2, 0.25) is 5.88 Å². The first kappa shape index (κ1) is 17.2. The van der Waals surface area contributed by atoms with Gasteiger partial charge in [-0.15, -0.1) is 5.11 Å². The molecule has 0 aliphatic carbocycles. The number of fused-ring (bicyclic) bond motifs is 1. The van der Waals surface area contributed by atoms with Gasteiger partial charge in [-0.3, -0.25) is 5.32 Å². The van der Waals surface area contributed by atoms with E-state index in [1.165, 1.54) is 0 Å². The molecule has 2 aromatic rings. The molecular weight excluding hydrogens is 371 g/mol. The van der Waals surface area contributed by atoms with Crippen LogP contribution in [0.3, 0.4) is 0 Å². The third-order valence-electron chi connectivity index (χ3n) is 2.27. The number of nitrogens with one attached hydrogen (secondary N) is 3. The van der Waals surface area contributed by atoms with E-state index in [0.29, 0.717) is 10.8 Å². The maximum absolute atomic E-state index is 9.72. The molecule has 0 aliphatic rings. The molecule has 9 heteroatoms. The first-order chi connectivity index (χ1) is 9.63. The zero-order valence-electron chi connectivity index (χ0n) is 10.4. The van der Waals surface area contributed by atoms with Gasteiger partial charge in [0.1, 0.15) is 0 Å². The Morgan fingerprint density at radius 3 is 2.80 bits per heavy atom. The number of azo groups is 1. The van der Waals surface area contributed by atoms with Crippen molar-refractivity contribution in [1.82, 2.24) is 10.3 Å². The molecule has 5 nitrogen and oxygen atoms in total. The van der Waals surface area contributed by atoms with E-state index in [9.17, 15) is 5.11 Å². The first-order valence-electron chi connectivity index (χ1n) is 5.49. The Kier molecular flexibility index (Phi) is 7.87. The molecule has 0 atom stereocenters. The van der Waals surface area contributed by atoms with Crippen molar-refractivity contribution in [2.45, 2.75) is 6.92 Å². The van der Waals surface area contributed by atoms with Crippen LogP contribution in [0.4, 0.5) is 5.69 Å². The number of aromatic amines is 1. The Bertz CT molecular complexity index is 605. The predicted molar refractivity (Wildman–Crippen MR) is 81.0 cm³/mol. The third-order valence-corrected chi connectivity index (χ3v) is 2.50. The summed E-state index contributed by atoms with van der Waals surface area (Å²) in [4.78, 5) is 2.84. The van der Waals surface area contributed by atoms with Gasteiger partial charge >= 0.3 is 38.4 Å². The average molecular weight is 384 g/mol. The number of halogens is 2. The van der Waals surface area contributed by atoms with Crippen molar-refractivity contribution in [3.8, 4) is 5.88 Å². The van der Waals surface area contributed by atoms with E-state index in [1.54, 1.807) is 0 Å². The van der Waals surface area contributed by atoms with Gasteiger partial charge in [-0.2, -0.15) is 0 Å². The Hall–Kier alpha value is -0.851. The van der Waals surface area contributed by atoms with Crippen molar-refractivity contribution in [3.63, 3.8) is 0 Å². The Morgan fingerprint density at radius 2 is 2.15 bits per heavy atom. The number of aromatic hydroxyl groups is 1. The van der Waals surface area contributed by atoms with Crippen LogP contribution in [0.2, 0.25) is 0 Å². The molecule has 1 aromatic carbocycles. The minimum atomic E-state index is 0.0259. The zero-order chi connectivity index (χ0) is 15.0. The van der Waals surface area contributed by atoms with Crippen LogP contribution in [-0.2, 0) is 13.1 Å². The summed E-state index contributed by atoms with van der Waals surface area (Å²) in [5.41, 5.74) is 1.29. The standard InChI is InChI=1S/C11H12N4OS.2ClH.Cu/c1-2-12-11(17)15-14-9-7-5-3-4-6-8(7)13-10(9)16;;;/h3-6,13,16H,2H2,1H3,(H,12,17);2*1H;/q;;;+2/p-1. The van der Waals surface area contributed by atoms with Crippen molar-refractivity contribution in [2.24, 2.45) is 5.11 Å². The van der Waals surface area contributed by atoms with E-state index in [2.05, 4.69) is 40.7 Å². The number of hydrogen-bond acceptors (Lipinski definition) is 3. The van der Waals surface area contributed by atoms with Crippen molar-refractivity contribution in [3.05, 3.63) is 24.3 Å². The molecule has 0 saturated heterocycles. The van der Waals surface area contributed by atoms with E-state index in [1.807, 2.05) is 31.2 Å². The Morgan fingerprint density at radius 1 is 1.50 bits per heavy atom. The Balaban J connectivity index is 0.000000612. The van der Waals surface area contributed by atoms with Gasteiger partial charge in [0, 0.05) is 17.6 Å². The summed E-state index contributed by atoms with van der Waals surface area (Å²) in [6.45, 7) is 2.67. The summed E-state index contributed by atoms with van der Waals surface area (Å²) >= 11 is 5.74. The summed E-state index contributed by atoms with van der Waals surface area (Å²) in [7, 11) is 9.34. The molecule has 0 fully saturated rings. The molecule has 0 bridgehead atoms. The molecule has 113 valence electrons. The third kappa shape index (κ3) is 4.92. The number of thiocarbonyl (C=S) groups is 1. The second kappa shape index (κ2) is 9.15. The summed E-state index contributed by atoms with van der Waals surface area (Å²) in [6.07, 6.45) is 0. The van der Waals surface area contributed by atoms with E-state index in [0.717, 1.165) is 30.6 Å². The molecule has 4 N–H and O–H groups in total. The molecule has 20 heavy (non-hydrogen) atoms. The van der Waals surface area contributed by atoms with Crippen LogP contribution in [-0.4, -0.2) is 21.7 Å². The van der Waals surface area contributed by atoms with Crippen LogP contribution in [0.25, 0.3) is 10.9 Å². The molecule has 0 unspecified atom stereocenters. The molecule has 0 radical (unpaired) electrons. The van der Waals surface area contributed by atoms with Crippen molar-refractivity contribution >= 4 is 54.1 Å². The quantitative estimate of drug-likeness (QED) is 0.365. The van der Waals surface area contributed by atoms with E-state index < -0.39 is 0 Å². The second-order valence-electron chi connectivity index (χ2n) is 3.49. The summed E-state index contributed by atoms with van der Waals surface area (Å²) in [5.74, 6) is 0.0259. The SMILES string of the molecule is CCNC(=S)[NH+]=Nc1c(O)[nH]c2ccccc12.[Cl][Cu][Cl]. The van der Waals surface area contributed by atoms with Crippen LogP contribution in [0.1, 0.15) is 6.92 Å². The van der Waals surface area contributed by atoms with Crippen LogP contribution in [0.15, 0.2) is 29.4 Å². The number of aromatic nitrogens is 1. The molecular formula is C11H13Cl2CuN4OS+. The number of H-pyrrole nitrogens is 1. The van der Waals surface area contributed by atoms with Crippen LogP contribution >= 0.6 is 32.4 Å². The molecule has 0 saturated carbocycles. The molecule has 0 spiro atoms. The van der Waals surface area contributed by atoms with Gasteiger partial charge in [-0.1, -0.05) is 23.3 Å². The fourth-order valence-corrected chi connectivity index (χ4v) is 1.72. The predicted octanol–water partition coefficient (Wildman–Crippen LogP) is 2.31. The van der Waals surface area contributed by atoms with Gasteiger partial charge in [-0.05, 0) is 13.0 Å². The molecule has 1 heterocycles. The first-order valence-corrected chi connectivity index (χ1v) is 8.49. The fraction of sp³-hybridized carbons (Fsp3) is 0.182. The van der Waals surface area contributed by atoms with Crippen LogP contribution < -0.4 is 10.4 Å². The van der Waals surface area contributed by atoms with Gasteiger partial charge in [0.05, 0.1) is 12.1 Å². The average Bonchev–Trinajstić information content (AvgIpc) is 2.73. The van der Waals surface area contributed by atoms with Gasteiger partial charge in [0.25, 0.3) is 0 Å². The number of hydrogen-bond donors (Lipinski definition) is 4. The monoisotopic (exact) mass is 382 g/mol. The van der Waals surface area contributed by atoms with Gasteiger partial charge in [0.15, 0.2) is 5.69 Å². The van der Waals surface area contributed by atoms with E-state index in [4.69, 9.17) is 12.2 Å². The number of nitrogens with zero attached hydrogens (tertiary/aromatic N) is 1. The van der Waals surface area contributed by atoms with Crippen molar-refractivity contribution < 1.29 is 23.4 Å².